The number of methoxy groups -OCH3 is 2. The lowest BCUT2D eigenvalue weighted by molar-refractivity contribution is 0.0964. The molecule has 1 aliphatic rings. The number of nitrogens with one attached hydrogen (secondary N) is 3. The molecule has 0 bridgehead atoms. The lowest BCUT2D eigenvalue weighted by atomic mass is 9.86. The monoisotopic (exact) mass is 823 g/mol. The van der Waals surface area contributed by atoms with E-state index in [0.717, 1.165) is 61.9 Å². The number of hydrogen-bond acceptors (Lipinski definition) is 11. The molecular weight excluding hydrogens is 771 g/mol. The zero-order valence-corrected chi connectivity index (χ0v) is 35.5. The fraction of sp³-hybridized carbons (Fsp3) is 0.364. The SMILES string of the molecule is COc1cc(Cc2nccc(Oc3ccc(NC(=O)Nc4cc(C(C)(C)C)cc(NS(C)(=O)=O)c4OC)c4ccccc34)n2)ccc1C(=O)CCCN1CCN(C)CC1. The summed E-state index contributed by atoms with van der Waals surface area (Å²) in [5.74, 6) is 2.14. The van der Waals surface area contributed by atoms with E-state index in [1.807, 2.05) is 63.2 Å². The van der Waals surface area contributed by atoms with Crippen LogP contribution < -0.4 is 29.6 Å². The van der Waals surface area contributed by atoms with Crippen LogP contribution >= 0.6 is 0 Å². The molecule has 2 amide bonds. The van der Waals surface area contributed by atoms with Crippen LogP contribution in [0.5, 0.6) is 23.1 Å². The van der Waals surface area contributed by atoms with Crippen molar-refractivity contribution in [1.29, 1.82) is 0 Å². The molecule has 1 aliphatic heterocycles. The van der Waals surface area contributed by atoms with E-state index in [0.29, 0.717) is 58.4 Å². The Balaban J connectivity index is 1.14. The zero-order chi connectivity index (χ0) is 42.3. The molecule has 14 nitrogen and oxygen atoms in total. The highest BCUT2D eigenvalue weighted by atomic mass is 32.2. The van der Waals surface area contributed by atoms with Crippen LogP contribution in [-0.2, 0) is 21.9 Å². The summed E-state index contributed by atoms with van der Waals surface area (Å²) in [5.41, 5.74) is 2.89. The van der Waals surface area contributed by atoms with Crippen LogP contribution in [0.1, 0.15) is 60.9 Å². The van der Waals surface area contributed by atoms with Gasteiger partial charge in [-0.2, -0.15) is 4.98 Å². The number of fused-ring (bicyclic) bond motifs is 1. The molecule has 312 valence electrons. The average molecular weight is 824 g/mol. The second-order valence-corrected chi connectivity index (χ2v) is 17.5. The number of sulfonamides is 1. The molecule has 3 N–H and O–H groups in total. The van der Waals surface area contributed by atoms with Crippen molar-refractivity contribution in [3.8, 4) is 23.1 Å². The fourth-order valence-corrected chi connectivity index (χ4v) is 7.51. The van der Waals surface area contributed by atoms with Crippen molar-refractivity contribution in [2.75, 3.05) is 75.6 Å². The van der Waals surface area contributed by atoms with Crippen LogP contribution in [0.4, 0.5) is 21.9 Å². The molecule has 1 fully saturated rings. The second kappa shape index (κ2) is 18.4. The van der Waals surface area contributed by atoms with Crippen LogP contribution in [0.15, 0.2) is 79.0 Å². The highest BCUT2D eigenvalue weighted by Crippen LogP contribution is 2.40. The number of carbonyl (C=O) groups is 2. The number of aromatic nitrogens is 2. The van der Waals surface area contributed by atoms with Crippen LogP contribution in [0.3, 0.4) is 0 Å². The van der Waals surface area contributed by atoms with Crippen molar-refractivity contribution in [3.05, 3.63) is 102 Å². The average Bonchev–Trinajstić information content (AvgIpc) is 3.18. The highest BCUT2D eigenvalue weighted by molar-refractivity contribution is 7.92. The molecule has 0 spiro atoms. The molecule has 0 radical (unpaired) electrons. The maximum atomic E-state index is 13.5. The number of anilines is 3. The van der Waals surface area contributed by atoms with E-state index < -0.39 is 16.1 Å². The molecule has 0 unspecified atom stereocenters. The Bertz CT molecular complexity index is 2430. The van der Waals surface area contributed by atoms with E-state index in [1.54, 1.807) is 43.6 Å². The Labute approximate surface area is 346 Å². The van der Waals surface area contributed by atoms with Gasteiger partial charge in [0.2, 0.25) is 15.9 Å². The van der Waals surface area contributed by atoms with Crippen LogP contribution in [0.25, 0.3) is 10.8 Å². The summed E-state index contributed by atoms with van der Waals surface area (Å²) < 4.78 is 44.4. The number of ketones is 1. The van der Waals surface area contributed by atoms with Gasteiger partial charge in [-0.25, -0.2) is 18.2 Å². The number of benzene rings is 4. The van der Waals surface area contributed by atoms with Gasteiger partial charge in [-0.1, -0.05) is 51.1 Å². The van der Waals surface area contributed by atoms with Gasteiger partial charge in [0.15, 0.2) is 11.5 Å². The number of carbonyl (C=O) groups excluding carboxylic acids is 2. The van der Waals surface area contributed by atoms with Crippen molar-refractivity contribution >= 4 is 49.7 Å². The van der Waals surface area contributed by atoms with Gasteiger partial charge in [-0.05, 0) is 73.0 Å². The zero-order valence-electron chi connectivity index (χ0n) is 34.7. The Morgan fingerprint density at radius 2 is 1.54 bits per heavy atom. The van der Waals surface area contributed by atoms with Crippen molar-refractivity contribution < 1.29 is 32.2 Å². The van der Waals surface area contributed by atoms with Gasteiger partial charge in [-0.3, -0.25) is 9.52 Å². The molecule has 5 aromatic rings. The van der Waals surface area contributed by atoms with Gasteiger partial charge < -0.3 is 34.6 Å². The summed E-state index contributed by atoms with van der Waals surface area (Å²) in [6.45, 7) is 11.0. The van der Waals surface area contributed by atoms with E-state index in [-0.39, 0.29) is 22.6 Å². The number of ether oxygens (including phenoxy) is 3. The lowest BCUT2D eigenvalue weighted by Gasteiger charge is -2.32. The quantitative estimate of drug-likeness (QED) is 0.0894. The number of hydrogen-bond donors (Lipinski definition) is 3. The predicted molar refractivity (Wildman–Crippen MR) is 232 cm³/mol. The first-order chi connectivity index (χ1) is 28.1. The van der Waals surface area contributed by atoms with Gasteiger partial charge in [0.25, 0.3) is 0 Å². The van der Waals surface area contributed by atoms with Gasteiger partial charge in [-0.15, -0.1) is 0 Å². The minimum absolute atomic E-state index is 0.0624. The van der Waals surface area contributed by atoms with Gasteiger partial charge in [0, 0.05) is 62.1 Å². The van der Waals surface area contributed by atoms with Gasteiger partial charge >= 0.3 is 6.03 Å². The molecule has 0 atom stereocenters. The minimum atomic E-state index is -3.64. The maximum Gasteiger partial charge on any atom is 0.323 e. The van der Waals surface area contributed by atoms with Crippen LogP contribution in [-0.4, -0.2) is 100 Å². The third kappa shape index (κ3) is 11.2. The molecule has 0 saturated carbocycles. The van der Waals surface area contributed by atoms with E-state index in [1.165, 1.54) is 7.11 Å². The Hall–Kier alpha value is -5.77. The molecule has 1 aromatic heterocycles. The first-order valence-electron chi connectivity index (χ1n) is 19.5. The van der Waals surface area contributed by atoms with Gasteiger partial charge in [0.1, 0.15) is 17.3 Å². The fourth-order valence-electron chi connectivity index (χ4n) is 6.96. The van der Waals surface area contributed by atoms with Crippen molar-refractivity contribution in [1.82, 2.24) is 19.8 Å². The molecule has 59 heavy (non-hydrogen) atoms. The Morgan fingerprint density at radius 3 is 2.24 bits per heavy atom. The largest absolute Gasteiger partial charge is 0.496 e. The van der Waals surface area contributed by atoms with Crippen molar-refractivity contribution in [2.24, 2.45) is 0 Å². The molecule has 6 rings (SSSR count). The molecule has 0 aliphatic carbocycles. The molecule has 1 saturated heterocycles. The summed E-state index contributed by atoms with van der Waals surface area (Å²) in [4.78, 5) is 40.6. The maximum absolute atomic E-state index is 13.5. The van der Waals surface area contributed by atoms with E-state index in [4.69, 9.17) is 14.2 Å². The van der Waals surface area contributed by atoms with Gasteiger partial charge in [0.05, 0.1) is 43.1 Å². The molecule has 2 heterocycles. The summed E-state index contributed by atoms with van der Waals surface area (Å²) in [6, 6.07) is 21.1. The third-order valence-electron chi connectivity index (χ3n) is 10.1. The normalized spacial score (nSPS) is 13.8. The Morgan fingerprint density at radius 1 is 0.831 bits per heavy atom. The first-order valence-corrected chi connectivity index (χ1v) is 21.4. The smallest absolute Gasteiger partial charge is 0.323 e. The molecule has 4 aromatic carbocycles. The highest BCUT2D eigenvalue weighted by Gasteiger charge is 2.23. The van der Waals surface area contributed by atoms with Crippen molar-refractivity contribution in [3.63, 3.8) is 0 Å². The summed E-state index contributed by atoms with van der Waals surface area (Å²) in [6.07, 6.45) is 4.33. The predicted octanol–water partition coefficient (Wildman–Crippen LogP) is 7.55. The Kier molecular flexibility index (Phi) is 13.4. The number of nitrogens with zero attached hydrogens (tertiary/aromatic N) is 4. The topological polar surface area (TPSA) is 164 Å². The molecule has 15 heteroatoms. The summed E-state index contributed by atoms with van der Waals surface area (Å²) in [7, 11) is 1.47. The number of Topliss-reactive ketones (excluding diaryl/α,β-unsaturated/α-hetero) is 1. The van der Waals surface area contributed by atoms with E-state index in [2.05, 4.69) is 42.2 Å². The van der Waals surface area contributed by atoms with Crippen LogP contribution in [0, 0.1) is 0 Å². The number of urea groups is 1. The van der Waals surface area contributed by atoms with E-state index in [9.17, 15) is 18.0 Å². The lowest BCUT2D eigenvalue weighted by Crippen LogP contribution is -2.44. The summed E-state index contributed by atoms with van der Waals surface area (Å²) in [5, 5.41) is 7.21. The molecular formula is C44H53N7O7S. The van der Waals surface area contributed by atoms with Crippen LogP contribution in [0.2, 0.25) is 0 Å². The number of piperazine rings is 1. The van der Waals surface area contributed by atoms with E-state index >= 15 is 0 Å². The summed E-state index contributed by atoms with van der Waals surface area (Å²) >= 11 is 0. The standard InChI is InChI=1S/C44H53N7O7S/c1-44(2,3)30-27-35(42(57-6)36(28-30)49-59(7,54)55)47-43(53)46-34-16-17-38(32-12-9-8-11-31(32)34)58-41-18-19-45-40(48-41)26-29-14-15-33(39(25-29)56-5)37(52)13-10-20-51-23-21-50(4)22-24-51/h8-9,11-12,14-19,25,27-28,49H,10,13,20-24,26H2,1-7H3,(H2,46,47,53). The first kappa shape index (κ1) is 42.8. The number of amides is 2. The third-order valence-corrected chi connectivity index (χ3v) is 10.7. The number of likely N-dealkylation sites (N-methyl/N-ethyl adjacent to an activating group) is 1. The number of rotatable bonds is 15. The minimum Gasteiger partial charge on any atom is -0.496 e. The second-order valence-electron chi connectivity index (χ2n) is 15.8. The van der Waals surface area contributed by atoms with Crippen molar-refractivity contribution in [2.45, 2.75) is 45.4 Å².